The van der Waals surface area contributed by atoms with Crippen LogP contribution in [-0.2, 0) is 15.9 Å². The largest absolute Gasteiger partial charge is 0.394 e. The number of nitriles is 1. The fourth-order valence-corrected chi connectivity index (χ4v) is 4.18. The van der Waals surface area contributed by atoms with Crippen molar-refractivity contribution >= 4 is 0 Å². The van der Waals surface area contributed by atoms with Crippen LogP contribution >= 0.6 is 0 Å². The monoisotopic (exact) mass is 465 g/mol. The van der Waals surface area contributed by atoms with E-state index in [4.69, 9.17) is 9.47 Å². The Morgan fingerprint density at radius 1 is 1.00 bits per heavy atom. The van der Waals surface area contributed by atoms with Gasteiger partial charge in [0.25, 0.3) is 0 Å². The van der Waals surface area contributed by atoms with E-state index in [9.17, 15) is 25.7 Å². The molecule has 2 saturated heterocycles. The molecular formula is C27H31NO6. The van der Waals surface area contributed by atoms with Gasteiger partial charge in [-0.3, -0.25) is 0 Å². The lowest BCUT2D eigenvalue weighted by Crippen LogP contribution is -2.55. The number of aliphatic hydroxyl groups is 4. The maximum atomic E-state index is 10.4. The predicted molar refractivity (Wildman–Crippen MR) is 126 cm³/mol. The van der Waals surface area contributed by atoms with Gasteiger partial charge in [0.1, 0.15) is 30.5 Å². The smallest absolute Gasteiger partial charge is 0.113 e. The minimum atomic E-state index is -1.45. The molecule has 180 valence electrons. The van der Waals surface area contributed by atoms with Crippen LogP contribution in [0.5, 0.6) is 0 Å². The van der Waals surface area contributed by atoms with Crippen LogP contribution < -0.4 is 0 Å². The Morgan fingerprint density at radius 2 is 1.76 bits per heavy atom. The van der Waals surface area contributed by atoms with Crippen LogP contribution in [0.25, 0.3) is 0 Å². The SMILES string of the molecule is C.N#Cc1ccc([C@@H]2O[C@H](CO)[C@@H](O)[C@H](O)[C@H]2O)cc1Cc1ccc(C#C[C@@H]2CCOC2)cc1. The molecule has 6 atom stereocenters. The topological polar surface area (TPSA) is 123 Å². The maximum absolute atomic E-state index is 10.4. The summed E-state index contributed by atoms with van der Waals surface area (Å²) in [5.41, 5.74) is 3.71. The van der Waals surface area contributed by atoms with Crippen LogP contribution in [0.15, 0.2) is 42.5 Å². The summed E-state index contributed by atoms with van der Waals surface area (Å²) in [6.07, 6.45) is -4.72. The first-order valence-electron chi connectivity index (χ1n) is 11.0. The van der Waals surface area contributed by atoms with Crippen molar-refractivity contribution in [3.63, 3.8) is 0 Å². The van der Waals surface area contributed by atoms with E-state index in [1.54, 1.807) is 18.2 Å². The van der Waals surface area contributed by atoms with Crippen LogP contribution in [0.2, 0.25) is 0 Å². The van der Waals surface area contributed by atoms with E-state index < -0.39 is 37.1 Å². The fraction of sp³-hybridized carbons (Fsp3) is 0.444. The highest BCUT2D eigenvalue weighted by atomic mass is 16.5. The highest BCUT2D eigenvalue weighted by Gasteiger charge is 2.44. The van der Waals surface area contributed by atoms with E-state index in [1.807, 2.05) is 24.3 Å². The zero-order valence-corrected chi connectivity index (χ0v) is 18.1. The van der Waals surface area contributed by atoms with Crippen LogP contribution in [0.4, 0.5) is 0 Å². The number of rotatable bonds is 4. The Morgan fingerprint density at radius 3 is 2.41 bits per heavy atom. The summed E-state index contributed by atoms with van der Waals surface area (Å²) in [4.78, 5) is 0. The van der Waals surface area contributed by atoms with Gasteiger partial charge in [-0.15, -0.1) is 0 Å². The number of benzene rings is 2. The molecule has 0 unspecified atom stereocenters. The van der Waals surface area contributed by atoms with Gasteiger partial charge in [0.15, 0.2) is 0 Å². The Balaban J connectivity index is 0.00000324. The average Bonchev–Trinajstić information content (AvgIpc) is 3.36. The lowest BCUT2D eigenvalue weighted by Gasteiger charge is -2.40. The highest BCUT2D eigenvalue weighted by Crippen LogP contribution is 2.33. The second kappa shape index (κ2) is 11.6. The lowest BCUT2D eigenvalue weighted by molar-refractivity contribution is -0.231. The average molecular weight is 466 g/mol. The number of nitrogens with zero attached hydrogens (tertiary/aromatic N) is 1. The Bertz CT molecular complexity index is 1060. The minimum absolute atomic E-state index is 0. The van der Waals surface area contributed by atoms with Gasteiger partial charge in [0, 0.05) is 18.1 Å². The van der Waals surface area contributed by atoms with E-state index >= 15 is 0 Å². The molecule has 0 aromatic heterocycles. The summed E-state index contributed by atoms with van der Waals surface area (Å²) < 4.78 is 11.0. The number of hydrogen-bond donors (Lipinski definition) is 4. The van der Waals surface area contributed by atoms with Gasteiger partial charge in [0.05, 0.1) is 24.8 Å². The number of hydrogen-bond acceptors (Lipinski definition) is 7. The molecule has 0 radical (unpaired) electrons. The van der Waals surface area contributed by atoms with Gasteiger partial charge in [-0.25, -0.2) is 0 Å². The Hall–Kier alpha value is -2.75. The van der Waals surface area contributed by atoms with Gasteiger partial charge < -0.3 is 29.9 Å². The van der Waals surface area contributed by atoms with Gasteiger partial charge in [0.2, 0.25) is 0 Å². The van der Waals surface area contributed by atoms with Gasteiger partial charge in [-0.2, -0.15) is 5.26 Å². The van der Waals surface area contributed by atoms with Crippen LogP contribution in [0.3, 0.4) is 0 Å². The van der Waals surface area contributed by atoms with Crippen molar-refractivity contribution in [2.75, 3.05) is 19.8 Å². The maximum Gasteiger partial charge on any atom is 0.113 e. The Labute approximate surface area is 200 Å². The van der Waals surface area contributed by atoms with Crippen molar-refractivity contribution in [2.24, 2.45) is 5.92 Å². The molecule has 7 heteroatoms. The third kappa shape index (κ3) is 5.65. The first-order chi connectivity index (χ1) is 16.0. The molecule has 0 aliphatic carbocycles. The standard InChI is InChI=1S/C26H27NO6.CH4/c27-13-20-8-7-19(26-25(31)24(30)23(29)22(14-28)33-26)12-21(20)11-17-4-1-16(2-5-17)3-6-18-9-10-32-15-18;/h1-2,4-5,7-8,12,18,22-26,28-31H,9-11,14-15H2;1H4/t18-,22-,23-,24+,25-,26+;/m1./s1. The molecular weight excluding hydrogens is 434 g/mol. The van der Waals surface area contributed by atoms with E-state index in [0.29, 0.717) is 24.2 Å². The van der Waals surface area contributed by atoms with Crippen molar-refractivity contribution in [3.05, 3.63) is 70.3 Å². The summed E-state index contributed by atoms with van der Waals surface area (Å²) in [6.45, 7) is 0.960. The van der Waals surface area contributed by atoms with E-state index in [-0.39, 0.29) is 13.3 Å². The summed E-state index contributed by atoms with van der Waals surface area (Å²) >= 11 is 0. The fourth-order valence-electron chi connectivity index (χ4n) is 4.18. The van der Waals surface area contributed by atoms with E-state index in [0.717, 1.165) is 29.7 Å². The summed E-state index contributed by atoms with van der Waals surface area (Å²) in [6, 6.07) is 15.1. The Kier molecular flexibility index (Phi) is 8.82. The lowest BCUT2D eigenvalue weighted by atomic mass is 9.89. The molecule has 2 heterocycles. The van der Waals surface area contributed by atoms with Gasteiger partial charge >= 0.3 is 0 Å². The molecule has 4 rings (SSSR count). The molecule has 2 fully saturated rings. The molecule has 2 aromatic carbocycles. The van der Waals surface area contributed by atoms with Crippen molar-refractivity contribution in [1.29, 1.82) is 5.26 Å². The molecule has 2 aromatic rings. The third-order valence-corrected chi connectivity index (χ3v) is 6.17. The zero-order valence-electron chi connectivity index (χ0n) is 18.1. The molecule has 0 saturated carbocycles. The second-order valence-corrected chi connectivity index (χ2v) is 8.48. The quantitative estimate of drug-likeness (QED) is 0.507. The predicted octanol–water partition coefficient (Wildman–Crippen LogP) is 1.69. The third-order valence-electron chi connectivity index (χ3n) is 6.17. The van der Waals surface area contributed by atoms with Crippen LogP contribution in [0, 0.1) is 29.1 Å². The molecule has 0 spiro atoms. The van der Waals surface area contributed by atoms with Crippen molar-refractivity contribution in [3.8, 4) is 17.9 Å². The van der Waals surface area contributed by atoms with Crippen molar-refractivity contribution < 1.29 is 29.9 Å². The van der Waals surface area contributed by atoms with Crippen molar-refractivity contribution in [1.82, 2.24) is 0 Å². The second-order valence-electron chi connectivity index (χ2n) is 8.48. The first-order valence-corrected chi connectivity index (χ1v) is 11.0. The highest BCUT2D eigenvalue weighted by molar-refractivity contribution is 5.45. The first kappa shape index (κ1) is 25.9. The van der Waals surface area contributed by atoms with E-state index in [1.165, 1.54) is 0 Å². The summed E-state index contributed by atoms with van der Waals surface area (Å²) in [5.74, 6) is 6.71. The number of aliphatic hydroxyl groups excluding tert-OH is 4. The molecule has 7 nitrogen and oxygen atoms in total. The number of ether oxygens (including phenoxy) is 2. The summed E-state index contributed by atoms with van der Waals surface area (Å²) in [5, 5.41) is 49.6. The summed E-state index contributed by atoms with van der Waals surface area (Å²) in [7, 11) is 0. The molecule has 34 heavy (non-hydrogen) atoms. The molecule has 2 aliphatic heterocycles. The van der Waals surface area contributed by atoms with Crippen LogP contribution in [-0.4, -0.2) is 64.7 Å². The molecule has 4 N–H and O–H groups in total. The molecule has 2 aliphatic rings. The molecule has 0 bridgehead atoms. The normalized spacial score (nSPS) is 28.3. The van der Waals surface area contributed by atoms with Gasteiger partial charge in [-0.05, 0) is 47.7 Å². The zero-order chi connectivity index (χ0) is 23.4. The molecule has 0 amide bonds. The van der Waals surface area contributed by atoms with E-state index in [2.05, 4.69) is 17.9 Å². The van der Waals surface area contributed by atoms with Crippen LogP contribution in [0.1, 0.15) is 47.8 Å². The van der Waals surface area contributed by atoms with Gasteiger partial charge in [-0.1, -0.05) is 43.5 Å². The van der Waals surface area contributed by atoms with Crippen molar-refractivity contribution in [2.45, 2.75) is 50.8 Å². The minimum Gasteiger partial charge on any atom is -0.394 e.